The molecule has 3 fully saturated rings. The minimum absolute atomic E-state index is 0.199. The number of nitrogens with two attached hydrogens (primary N) is 1. The van der Waals surface area contributed by atoms with Gasteiger partial charge in [0.05, 0.1) is 19.0 Å². The molecule has 3 saturated heterocycles. The van der Waals surface area contributed by atoms with Gasteiger partial charge in [-0.15, -0.1) is 0 Å². The molecule has 3 aromatic rings. The van der Waals surface area contributed by atoms with Crippen LogP contribution in [0.1, 0.15) is 31.9 Å². The number of hydrogen-bond acceptors (Lipinski definition) is 10. The van der Waals surface area contributed by atoms with Crippen LogP contribution in [0.25, 0.3) is 21.6 Å². The Labute approximate surface area is 199 Å². The van der Waals surface area contributed by atoms with Crippen molar-refractivity contribution >= 4 is 17.0 Å². The summed E-state index contributed by atoms with van der Waals surface area (Å²) in [6.07, 6.45) is -1.04. The average molecular weight is 480 g/mol. The molecular weight excluding hydrogens is 456 g/mol. The van der Waals surface area contributed by atoms with E-state index in [0.29, 0.717) is 11.2 Å². The Kier molecular flexibility index (Phi) is 5.33. The summed E-state index contributed by atoms with van der Waals surface area (Å²) in [6, 6.07) is 8.81. The van der Waals surface area contributed by atoms with Crippen LogP contribution in [0.3, 0.4) is 0 Å². The molecule has 0 bridgehead atoms. The largest absolute Gasteiger partial charge is 0.382 e. The van der Waals surface area contributed by atoms with E-state index in [1.165, 1.54) is 6.33 Å². The number of aromatic nitrogens is 4. The lowest BCUT2D eigenvalue weighted by Gasteiger charge is -2.39. The molecule has 2 aromatic heterocycles. The van der Waals surface area contributed by atoms with Crippen LogP contribution < -0.4 is 5.73 Å². The molecule has 5 heterocycles. The molecule has 35 heavy (non-hydrogen) atoms. The first kappa shape index (κ1) is 22.2. The topological polar surface area (TPSA) is 165 Å². The van der Waals surface area contributed by atoms with Crippen molar-refractivity contribution in [3.8, 4) is 0 Å². The molecule has 0 radical (unpaired) electrons. The number of nitrogens with zero attached hydrogens (tertiary/aromatic N) is 7. The number of nitrogen functional groups attached to an aromatic ring is 1. The van der Waals surface area contributed by atoms with Gasteiger partial charge >= 0.3 is 0 Å². The molecule has 13 heteroatoms. The zero-order valence-electron chi connectivity index (χ0n) is 19.0. The van der Waals surface area contributed by atoms with Gasteiger partial charge < -0.3 is 29.4 Å². The fourth-order valence-corrected chi connectivity index (χ4v) is 4.97. The number of imidazole rings is 1. The van der Waals surface area contributed by atoms with Crippen molar-refractivity contribution < 1.29 is 23.7 Å². The van der Waals surface area contributed by atoms with Crippen LogP contribution in [0.2, 0.25) is 0 Å². The Hall–Kier alpha value is -3.32. The number of rotatable bonds is 3. The van der Waals surface area contributed by atoms with E-state index in [1.54, 1.807) is 24.7 Å². The zero-order valence-corrected chi connectivity index (χ0v) is 19.0. The van der Waals surface area contributed by atoms with Crippen LogP contribution in [0.15, 0.2) is 48.1 Å². The maximum absolute atomic E-state index is 9.44. The van der Waals surface area contributed by atoms with Gasteiger partial charge in [0.25, 0.3) is 0 Å². The van der Waals surface area contributed by atoms with Gasteiger partial charge in [-0.25, -0.2) is 15.0 Å². The second-order valence-corrected chi connectivity index (χ2v) is 9.08. The van der Waals surface area contributed by atoms with E-state index >= 15 is 0 Å². The number of hydrogen-bond donors (Lipinski definition) is 1. The highest BCUT2D eigenvalue weighted by molar-refractivity contribution is 5.81. The summed E-state index contributed by atoms with van der Waals surface area (Å²) in [7, 11) is 0. The summed E-state index contributed by atoms with van der Waals surface area (Å²) in [5, 5.41) is 4.10. The maximum Gasteiger partial charge on any atom is 0.184 e. The molecule has 2 N–H and O–H groups in total. The summed E-state index contributed by atoms with van der Waals surface area (Å²) < 4.78 is 33.2. The Bertz CT molecular complexity index is 1280. The van der Waals surface area contributed by atoms with Gasteiger partial charge in [-0.1, -0.05) is 35.4 Å². The Morgan fingerprint density at radius 2 is 1.89 bits per heavy atom. The Morgan fingerprint density at radius 1 is 1.09 bits per heavy atom. The first-order valence-electron chi connectivity index (χ1n) is 11.3. The first-order valence-corrected chi connectivity index (χ1v) is 11.3. The van der Waals surface area contributed by atoms with Crippen molar-refractivity contribution in [2.45, 2.75) is 62.6 Å². The van der Waals surface area contributed by atoms with Gasteiger partial charge in [0, 0.05) is 10.5 Å². The smallest absolute Gasteiger partial charge is 0.184 e. The van der Waals surface area contributed by atoms with Crippen molar-refractivity contribution in [2.24, 2.45) is 5.11 Å². The van der Waals surface area contributed by atoms with Crippen LogP contribution in [-0.4, -0.2) is 62.4 Å². The van der Waals surface area contributed by atoms with E-state index in [4.69, 9.17) is 29.4 Å². The summed E-state index contributed by atoms with van der Waals surface area (Å²) >= 11 is 0. The summed E-state index contributed by atoms with van der Waals surface area (Å²) in [4.78, 5) is 15.9. The van der Waals surface area contributed by atoms with Crippen molar-refractivity contribution in [1.82, 2.24) is 19.5 Å². The molecule has 0 aliphatic carbocycles. The van der Waals surface area contributed by atoms with Crippen LogP contribution in [0, 0.1) is 0 Å². The van der Waals surface area contributed by atoms with Crippen LogP contribution in [0.4, 0.5) is 5.82 Å². The number of benzene rings is 1. The predicted octanol–water partition coefficient (Wildman–Crippen LogP) is 2.62. The third-order valence-corrected chi connectivity index (χ3v) is 6.41. The molecule has 3 aliphatic heterocycles. The van der Waals surface area contributed by atoms with Gasteiger partial charge in [-0.05, 0) is 19.4 Å². The Balaban J connectivity index is 1.43. The van der Waals surface area contributed by atoms with Gasteiger partial charge in [0.15, 0.2) is 29.8 Å². The molecule has 0 amide bonds. The number of ether oxygens (including phenoxy) is 5. The van der Waals surface area contributed by atoms with Crippen molar-refractivity contribution in [3.63, 3.8) is 0 Å². The average Bonchev–Trinajstić information content (AvgIpc) is 3.40. The van der Waals surface area contributed by atoms with Crippen molar-refractivity contribution in [1.29, 1.82) is 0 Å². The predicted molar refractivity (Wildman–Crippen MR) is 120 cm³/mol. The van der Waals surface area contributed by atoms with E-state index in [0.717, 1.165) is 5.56 Å². The van der Waals surface area contributed by atoms with E-state index in [2.05, 4.69) is 25.0 Å². The fourth-order valence-electron chi connectivity index (χ4n) is 4.97. The van der Waals surface area contributed by atoms with Gasteiger partial charge in [0.2, 0.25) is 0 Å². The van der Waals surface area contributed by atoms with Gasteiger partial charge in [-0.3, -0.25) is 4.57 Å². The summed E-state index contributed by atoms with van der Waals surface area (Å²) in [5.74, 6) is -0.704. The van der Waals surface area contributed by atoms with E-state index in [9.17, 15) is 5.53 Å². The normalized spacial score (nSPS) is 33.9. The quantitative estimate of drug-likeness (QED) is 0.337. The number of fused-ring (bicyclic) bond motifs is 3. The van der Waals surface area contributed by atoms with E-state index in [1.807, 2.05) is 30.3 Å². The highest BCUT2D eigenvalue weighted by Crippen LogP contribution is 2.45. The molecule has 1 aromatic carbocycles. The lowest BCUT2D eigenvalue weighted by Crippen LogP contribution is -2.50. The second-order valence-electron chi connectivity index (χ2n) is 9.08. The second kappa shape index (κ2) is 8.41. The highest BCUT2D eigenvalue weighted by Gasteiger charge is 2.57. The third-order valence-electron chi connectivity index (χ3n) is 6.41. The van der Waals surface area contributed by atoms with Gasteiger partial charge in [-0.2, -0.15) is 0 Å². The maximum atomic E-state index is 9.44. The van der Waals surface area contributed by atoms with E-state index < -0.39 is 48.8 Å². The van der Waals surface area contributed by atoms with Gasteiger partial charge in [0.1, 0.15) is 36.3 Å². The number of anilines is 1. The summed E-state index contributed by atoms with van der Waals surface area (Å²) in [6.45, 7) is 3.80. The molecule has 13 nitrogen and oxygen atoms in total. The summed E-state index contributed by atoms with van der Waals surface area (Å²) in [5.41, 5.74) is 17.2. The molecule has 1 unspecified atom stereocenters. The minimum atomic E-state index is -0.957. The fraction of sp³-hybridized carbons (Fsp3) is 0.500. The first-order chi connectivity index (χ1) is 16.9. The SMILES string of the molecule is CC1(C)O[C@@H]2[C@H](N=[N+]=[N-])[C@@H]3OC(c4ccccc4)OC[C@H]3O[C@@H](n3cnc4c(N)ncnc43)[C@@H]2O1. The molecule has 182 valence electrons. The lowest BCUT2D eigenvalue weighted by molar-refractivity contribution is -0.286. The molecule has 3 aliphatic rings. The van der Waals surface area contributed by atoms with Crippen molar-refractivity contribution in [3.05, 3.63) is 59.0 Å². The van der Waals surface area contributed by atoms with Crippen LogP contribution in [0.5, 0.6) is 0 Å². The van der Waals surface area contributed by atoms with E-state index in [-0.39, 0.29) is 12.4 Å². The standard InChI is InChI=1S/C22H24N8O5/c1-22(2)34-16-13(28-29-24)15-12(8-31-21(33-15)11-6-4-3-5-7-11)32-20(17(16)35-22)30-10-27-14-18(23)25-9-26-19(14)30/h3-7,9-10,12-13,15-17,20-21H,8H2,1-2H3,(H2,23,25,26)/t12-,13-,15-,16-,17-,20-,21?/m1/s1. The minimum Gasteiger partial charge on any atom is -0.382 e. The number of azide groups is 1. The van der Waals surface area contributed by atoms with Crippen molar-refractivity contribution in [2.75, 3.05) is 12.3 Å². The monoisotopic (exact) mass is 480 g/mol. The third kappa shape index (κ3) is 3.78. The molecule has 6 rings (SSSR count). The zero-order chi connectivity index (χ0) is 24.2. The Morgan fingerprint density at radius 3 is 2.69 bits per heavy atom. The molecule has 7 atom stereocenters. The molecular formula is C22H24N8O5. The highest BCUT2D eigenvalue weighted by atomic mass is 16.8. The lowest BCUT2D eigenvalue weighted by atomic mass is 9.97. The molecule has 0 spiro atoms. The van der Waals surface area contributed by atoms with Crippen LogP contribution in [-0.2, 0) is 23.7 Å². The molecule has 0 saturated carbocycles. The van der Waals surface area contributed by atoms with Crippen LogP contribution >= 0.6 is 0 Å².